The van der Waals surface area contributed by atoms with Crippen molar-refractivity contribution >= 4 is 11.2 Å². The van der Waals surface area contributed by atoms with Crippen LogP contribution in [0.25, 0.3) is 22.7 Å². The number of ether oxygens (including phenoxy) is 2. The zero-order valence-corrected chi connectivity index (χ0v) is 15.1. The van der Waals surface area contributed by atoms with E-state index in [0.29, 0.717) is 34.6 Å². The Morgan fingerprint density at radius 1 is 1.11 bits per heavy atom. The average Bonchev–Trinajstić information content (AvgIpc) is 3.44. The van der Waals surface area contributed by atoms with E-state index in [9.17, 15) is 0 Å². The molecule has 5 rings (SSSR count). The summed E-state index contributed by atoms with van der Waals surface area (Å²) in [6, 6.07) is 11.3. The molecule has 5 aromatic heterocycles. The highest BCUT2D eigenvalue weighted by molar-refractivity contribution is 5.57. The third-order valence-electron chi connectivity index (χ3n) is 4.26. The summed E-state index contributed by atoms with van der Waals surface area (Å²) < 4.78 is 19.8. The number of hydrogen-bond acceptors (Lipinski definition) is 8. The van der Waals surface area contributed by atoms with Gasteiger partial charge in [0.05, 0.1) is 18.3 Å². The Hall–Kier alpha value is -3.95. The van der Waals surface area contributed by atoms with Crippen LogP contribution in [0.15, 0.2) is 47.1 Å². The van der Waals surface area contributed by atoms with Crippen LogP contribution in [0.5, 0.6) is 11.6 Å². The number of pyridine rings is 1. The van der Waals surface area contributed by atoms with Crippen LogP contribution in [0.4, 0.5) is 0 Å². The third-order valence-corrected chi connectivity index (χ3v) is 4.26. The molecule has 140 valence electrons. The van der Waals surface area contributed by atoms with E-state index in [-0.39, 0.29) is 6.61 Å². The Balaban J connectivity index is 1.53. The summed E-state index contributed by atoms with van der Waals surface area (Å²) in [7, 11) is 1.55. The SMILES string of the molecule is COc1cc2nnc(-c3cc(C)on3)n2nc1OCc1cccc2ccnn12. The van der Waals surface area contributed by atoms with Crippen molar-refractivity contribution in [2.24, 2.45) is 0 Å². The van der Waals surface area contributed by atoms with E-state index in [1.165, 1.54) is 0 Å². The molecule has 0 aliphatic heterocycles. The highest BCUT2D eigenvalue weighted by atomic mass is 16.5. The monoisotopic (exact) mass is 377 g/mol. The molecule has 5 aromatic rings. The lowest BCUT2D eigenvalue weighted by Gasteiger charge is -2.11. The molecule has 0 aromatic carbocycles. The summed E-state index contributed by atoms with van der Waals surface area (Å²) in [4.78, 5) is 0. The van der Waals surface area contributed by atoms with Gasteiger partial charge in [-0.3, -0.25) is 0 Å². The number of hydrogen-bond donors (Lipinski definition) is 0. The molecule has 10 heteroatoms. The van der Waals surface area contributed by atoms with Gasteiger partial charge in [-0.15, -0.1) is 15.3 Å². The first-order valence-electron chi connectivity index (χ1n) is 8.51. The minimum Gasteiger partial charge on any atom is -0.491 e. The van der Waals surface area contributed by atoms with Crippen molar-refractivity contribution in [2.45, 2.75) is 13.5 Å². The normalized spacial score (nSPS) is 11.4. The molecule has 0 bridgehead atoms. The fourth-order valence-corrected chi connectivity index (χ4v) is 2.94. The summed E-state index contributed by atoms with van der Waals surface area (Å²) in [5, 5.41) is 21.1. The molecule has 0 saturated heterocycles. The molecule has 0 atom stereocenters. The third kappa shape index (κ3) is 2.62. The van der Waals surface area contributed by atoms with Crippen LogP contribution in [0.1, 0.15) is 11.5 Å². The van der Waals surface area contributed by atoms with Gasteiger partial charge >= 0.3 is 0 Å². The number of aryl methyl sites for hydroxylation is 1. The van der Waals surface area contributed by atoms with Crippen LogP contribution >= 0.6 is 0 Å². The molecule has 0 amide bonds. The zero-order chi connectivity index (χ0) is 19.1. The van der Waals surface area contributed by atoms with Crippen molar-refractivity contribution in [3.05, 3.63) is 54.0 Å². The van der Waals surface area contributed by atoms with Gasteiger partial charge in [-0.25, -0.2) is 4.52 Å². The second kappa shape index (κ2) is 6.34. The van der Waals surface area contributed by atoms with E-state index in [2.05, 4.69) is 25.6 Å². The van der Waals surface area contributed by atoms with Gasteiger partial charge in [0.2, 0.25) is 5.82 Å². The van der Waals surface area contributed by atoms with Crippen molar-refractivity contribution < 1.29 is 14.0 Å². The molecule has 0 N–H and O–H groups in total. The topological polar surface area (TPSA) is 105 Å². The van der Waals surface area contributed by atoms with E-state index < -0.39 is 0 Å². The van der Waals surface area contributed by atoms with E-state index >= 15 is 0 Å². The molecule has 28 heavy (non-hydrogen) atoms. The van der Waals surface area contributed by atoms with Gasteiger partial charge in [-0.1, -0.05) is 11.2 Å². The molecule has 0 unspecified atom stereocenters. The van der Waals surface area contributed by atoms with E-state index in [1.54, 1.807) is 36.9 Å². The first-order chi connectivity index (χ1) is 13.7. The highest BCUT2D eigenvalue weighted by Gasteiger charge is 2.18. The van der Waals surface area contributed by atoms with Gasteiger partial charge in [0.15, 0.2) is 17.1 Å². The first-order valence-corrected chi connectivity index (χ1v) is 8.51. The molecule has 0 fully saturated rings. The van der Waals surface area contributed by atoms with Crippen molar-refractivity contribution in [2.75, 3.05) is 7.11 Å². The maximum atomic E-state index is 5.95. The fraction of sp³-hybridized carbons (Fsp3) is 0.167. The van der Waals surface area contributed by atoms with Gasteiger partial charge in [0.1, 0.15) is 12.4 Å². The van der Waals surface area contributed by atoms with E-state index in [0.717, 1.165) is 11.2 Å². The van der Waals surface area contributed by atoms with Gasteiger partial charge in [0.25, 0.3) is 5.88 Å². The maximum Gasteiger partial charge on any atom is 0.275 e. The molecule has 0 spiro atoms. The van der Waals surface area contributed by atoms with Crippen molar-refractivity contribution in [3.8, 4) is 23.1 Å². The number of nitrogens with zero attached hydrogens (tertiary/aromatic N) is 7. The highest BCUT2D eigenvalue weighted by Crippen LogP contribution is 2.28. The van der Waals surface area contributed by atoms with Gasteiger partial charge < -0.3 is 14.0 Å². The van der Waals surface area contributed by atoms with Crippen LogP contribution in [-0.2, 0) is 6.61 Å². The average molecular weight is 377 g/mol. The second-order valence-corrected chi connectivity index (χ2v) is 6.11. The summed E-state index contributed by atoms with van der Waals surface area (Å²) in [5.41, 5.74) is 2.91. The van der Waals surface area contributed by atoms with Crippen LogP contribution in [0, 0.1) is 6.92 Å². The lowest BCUT2D eigenvalue weighted by atomic mass is 10.3. The molecule has 0 saturated carbocycles. The van der Waals surface area contributed by atoms with Crippen LogP contribution in [0.2, 0.25) is 0 Å². The number of methoxy groups -OCH3 is 1. The minimum absolute atomic E-state index is 0.258. The summed E-state index contributed by atoms with van der Waals surface area (Å²) in [6.45, 7) is 2.06. The van der Waals surface area contributed by atoms with Crippen molar-refractivity contribution in [1.82, 2.24) is 34.6 Å². The summed E-state index contributed by atoms with van der Waals surface area (Å²) in [6.07, 6.45) is 1.74. The van der Waals surface area contributed by atoms with E-state index in [4.69, 9.17) is 14.0 Å². The zero-order valence-electron chi connectivity index (χ0n) is 15.1. The van der Waals surface area contributed by atoms with Crippen LogP contribution in [0.3, 0.4) is 0 Å². The van der Waals surface area contributed by atoms with Gasteiger partial charge in [-0.2, -0.15) is 9.61 Å². The predicted molar refractivity (Wildman–Crippen MR) is 97.1 cm³/mol. The number of aromatic nitrogens is 7. The smallest absolute Gasteiger partial charge is 0.275 e. The Labute approximate surface area is 158 Å². The Kier molecular flexibility index (Phi) is 3.68. The molecule has 5 heterocycles. The van der Waals surface area contributed by atoms with Crippen molar-refractivity contribution in [1.29, 1.82) is 0 Å². The van der Waals surface area contributed by atoms with Crippen molar-refractivity contribution in [3.63, 3.8) is 0 Å². The van der Waals surface area contributed by atoms with E-state index in [1.807, 2.05) is 28.8 Å². The molecule has 0 radical (unpaired) electrons. The summed E-state index contributed by atoms with van der Waals surface area (Å²) in [5.74, 6) is 1.88. The molecular weight excluding hydrogens is 362 g/mol. The molecule has 10 nitrogen and oxygen atoms in total. The number of fused-ring (bicyclic) bond motifs is 2. The van der Waals surface area contributed by atoms with Crippen LogP contribution in [-0.4, -0.2) is 41.7 Å². The largest absolute Gasteiger partial charge is 0.491 e. The molecule has 0 aliphatic carbocycles. The predicted octanol–water partition coefficient (Wildman–Crippen LogP) is 2.32. The summed E-state index contributed by atoms with van der Waals surface area (Å²) >= 11 is 0. The fourth-order valence-electron chi connectivity index (χ4n) is 2.94. The number of rotatable bonds is 5. The lowest BCUT2D eigenvalue weighted by Crippen LogP contribution is -2.07. The Morgan fingerprint density at radius 2 is 2.04 bits per heavy atom. The van der Waals surface area contributed by atoms with Crippen LogP contribution < -0.4 is 9.47 Å². The quantitative estimate of drug-likeness (QED) is 0.459. The minimum atomic E-state index is 0.258. The van der Waals surface area contributed by atoms with Gasteiger partial charge in [-0.05, 0) is 25.1 Å². The Morgan fingerprint density at radius 3 is 2.86 bits per heavy atom. The first kappa shape index (κ1) is 16.2. The standard InChI is InChI=1S/C18H15N7O3/c1-11-8-14(23-28-11)17-21-20-16-9-15(26-2)18(22-25(16)17)27-10-13-5-3-4-12-6-7-19-24(12)13/h3-9H,10H2,1-2H3. The van der Waals surface area contributed by atoms with Gasteiger partial charge in [0, 0.05) is 18.3 Å². The maximum absolute atomic E-state index is 5.95. The molecular formula is C18H15N7O3. The molecule has 0 aliphatic rings. The Bertz CT molecular complexity index is 1290. The lowest BCUT2D eigenvalue weighted by molar-refractivity contribution is 0.262. The second-order valence-electron chi connectivity index (χ2n) is 6.11.